The maximum atomic E-state index is 12.4. The number of nitrogens with zero attached hydrogens (tertiary/aromatic N) is 6. The van der Waals surface area contributed by atoms with Crippen LogP contribution in [0.5, 0.6) is 0 Å². The van der Waals surface area contributed by atoms with Gasteiger partial charge in [-0.15, -0.1) is 0 Å². The molecule has 0 aliphatic carbocycles. The van der Waals surface area contributed by atoms with E-state index in [1.54, 1.807) is 23.2 Å². The molecule has 10 heteroatoms. The van der Waals surface area contributed by atoms with Crippen LogP contribution in [0.4, 0.5) is 22.1 Å². The van der Waals surface area contributed by atoms with Crippen LogP contribution in [0.2, 0.25) is 0 Å². The van der Waals surface area contributed by atoms with Crippen LogP contribution in [0.1, 0.15) is 28.9 Å². The van der Waals surface area contributed by atoms with Gasteiger partial charge in [0, 0.05) is 38.9 Å². The van der Waals surface area contributed by atoms with Gasteiger partial charge in [0.15, 0.2) is 11.5 Å². The Balaban J connectivity index is 1.53. The van der Waals surface area contributed by atoms with E-state index in [-0.39, 0.29) is 23.3 Å². The molecule has 160 valence electrons. The predicted octanol–water partition coefficient (Wildman–Crippen LogP) is 2.13. The summed E-state index contributed by atoms with van der Waals surface area (Å²) in [6, 6.07) is 8.40. The van der Waals surface area contributed by atoms with Crippen molar-refractivity contribution in [3.05, 3.63) is 41.7 Å². The number of rotatable bonds is 5. The van der Waals surface area contributed by atoms with E-state index in [1.165, 1.54) is 12.1 Å². The van der Waals surface area contributed by atoms with Crippen molar-refractivity contribution < 1.29 is 14.7 Å². The largest absolute Gasteiger partial charge is 0.478 e. The van der Waals surface area contributed by atoms with Crippen molar-refractivity contribution in [1.82, 2.24) is 19.8 Å². The highest BCUT2D eigenvalue weighted by Gasteiger charge is 2.34. The van der Waals surface area contributed by atoms with E-state index in [0.717, 1.165) is 32.5 Å². The Labute approximate surface area is 179 Å². The van der Waals surface area contributed by atoms with Gasteiger partial charge < -0.3 is 25.1 Å². The fourth-order valence-electron chi connectivity index (χ4n) is 3.96. The topological polar surface area (TPSA) is 126 Å². The van der Waals surface area contributed by atoms with Gasteiger partial charge in [0.1, 0.15) is 11.9 Å². The van der Waals surface area contributed by atoms with Gasteiger partial charge in [-0.2, -0.15) is 5.26 Å². The molecular formula is C21H23N7O3. The van der Waals surface area contributed by atoms with Crippen molar-refractivity contribution >= 4 is 29.3 Å². The highest BCUT2D eigenvalue weighted by molar-refractivity contribution is 5.88. The monoisotopic (exact) mass is 421 g/mol. The van der Waals surface area contributed by atoms with E-state index in [1.807, 2.05) is 18.0 Å². The zero-order valence-corrected chi connectivity index (χ0v) is 17.2. The summed E-state index contributed by atoms with van der Waals surface area (Å²) in [6.07, 6.45) is 3.46. The van der Waals surface area contributed by atoms with Crippen LogP contribution in [0.25, 0.3) is 0 Å². The molecule has 2 N–H and O–H groups in total. The number of hydrogen-bond acceptors (Lipinski definition) is 7. The molecule has 0 spiro atoms. The number of amides is 2. The Bertz CT molecular complexity index is 1030. The van der Waals surface area contributed by atoms with Crippen molar-refractivity contribution in [3.8, 4) is 6.07 Å². The number of aromatic nitrogens is 2. The lowest BCUT2D eigenvalue weighted by Gasteiger charge is -2.37. The average molecular weight is 421 g/mol. The minimum absolute atomic E-state index is 0.0601. The minimum atomic E-state index is -1.01. The molecule has 1 aromatic heterocycles. The predicted molar refractivity (Wildman–Crippen MR) is 113 cm³/mol. The van der Waals surface area contributed by atoms with Gasteiger partial charge in [0.05, 0.1) is 17.8 Å². The normalized spacial score (nSPS) is 18.8. The van der Waals surface area contributed by atoms with Gasteiger partial charge in [-0.05, 0) is 37.1 Å². The standard InChI is InChI=1S/C21H23N7O3/c1-26-9-10-28(21(26)31)16-3-2-8-27(13-16)18-12-23-17(11-22)19(25-18)24-15-6-4-14(5-7-15)20(29)30/h4-7,12,16H,2-3,8-10,13H2,1H3,(H,24,25)(H,29,30). The first-order valence-electron chi connectivity index (χ1n) is 10.1. The second-order valence-electron chi connectivity index (χ2n) is 7.68. The first kappa shape index (κ1) is 20.4. The number of carboxylic acids is 1. The first-order valence-corrected chi connectivity index (χ1v) is 10.1. The van der Waals surface area contributed by atoms with Crippen molar-refractivity contribution in [3.63, 3.8) is 0 Å². The number of nitriles is 1. The number of likely N-dealkylation sites (N-methyl/N-ethyl adjacent to an activating group) is 1. The molecular weight excluding hydrogens is 398 g/mol. The Morgan fingerprint density at radius 3 is 2.68 bits per heavy atom. The maximum absolute atomic E-state index is 12.4. The maximum Gasteiger partial charge on any atom is 0.335 e. The molecule has 10 nitrogen and oxygen atoms in total. The fourth-order valence-corrected chi connectivity index (χ4v) is 3.96. The zero-order valence-electron chi connectivity index (χ0n) is 17.2. The Morgan fingerprint density at radius 1 is 1.26 bits per heavy atom. The molecule has 2 saturated heterocycles. The molecule has 3 heterocycles. The van der Waals surface area contributed by atoms with Crippen molar-refractivity contribution in [1.29, 1.82) is 5.26 Å². The number of nitrogens with one attached hydrogen (secondary N) is 1. The van der Waals surface area contributed by atoms with E-state index in [4.69, 9.17) is 5.11 Å². The second-order valence-corrected chi connectivity index (χ2v) is 7.68. The molecule has 0 saturated carbocycles. The van der Waals surface area contributed by atoms with Gasteiger partial charge in [0.25, 0.3) is 0 Å². The second kappa shape index (κ2) is 8.47. The van der Waals surface area contributed by atoms with Gasteiger partial charge in [-0.25, -0.2) is 19.6 Å². The molecule has 0 radical (unpaired) electrons. The third-order valence-electron chi connectivity index (χ3n) is 5.67. The van der Waals surface area contributed by atoms with Gasteiger partial charge >= 0.3 is 12.0 Å². The summed E-state index contributed by atoms with van der Waals surface area (Å²) < 4.78 is 0. The van der Waals surface area contributed by atoms with Crippen LogP contribution >= 0.6 is 0 Å². The molecule has 2 amide bonds. The number of carbonyl (C=O) groups is 2. The van der Waals surface area contributed by atoms with E-state index >= 15 is 0 Å². The Hall–Kier alpha value is -3.87. The molecule has 2 aliphatic heterocycles. The van der Waals surface area contributed by atoms with Crippen LogP contribution in [0.3, 0.4) is 0 Å². The molecule has 31 heavy (non-hydrogen) atoms. The number of anilines is 3. The lowest BCUT2D eigenvalue weighted by atomic mass is 10.0. The summed E-state index contributed by atoms with van der Waals surface area (Å²) in [6.45, 7) is 2.92. The van der Waals surface area contributed by atoms with Crippen molar-refractivity contribution in [2.45, 2.75) is 18.9 Å². The number of carbonyl (C=O) groups excluding carboxylic acids is 1. The lowest BCUT2D eigenvalue weighted by Crippen LogP contribution is -2.49. The summed E-state index contributed by atoms with van der Waals surface area (Å²) in [7, 11) is 1.82. The van der Waals surface area contributed by atoms with Crippen LogP contribution in [0.15, 0.2) is 30.5 Å². The number of hydrogen-bond donors (Lipinski definition) is 2. The van der Waals surface area contributed by atoms with Gasteiger partial charge in [-0.3, -0.25) is 0 Å². The van der Waals surface area contributed by atoms with Crippen molar-refractivity contribution in [2.75, 3.05) is 43.4 Å². The van der Waals surface area contributed by atoms with Crippen LogP contribution < -0.4 is 10.2 Å². The molecule has 1 aromatic carbocycles. The molecule has 2 aliphatic rings. The summed E-state index contributed by atoms with van der Waals surface area (Å²) in [4.78, 5) is 38.0. The van der Waals surface area contributed by atoms with Crippen LogP contribution in [-0.4, -0.2) is 76.1 Å². The zero-order chi connectivity index (χ0) is 22.0. The summed E-state index contributed by atoms with van der Waals surface area (Å²) in [5.74, 6) is -0.0658. The van der Waals surface area contributed by atoms with Gasteiger partial charge in [0.2, 0.25) is 0 Å². The Morgan fingerprint density at radius 2 is 2.03 bits per heavy atom. The van der Waals surface area contributed by atoms with Crippen LogP contribution in [-0.2, 0) is 0 Å². The number of urea groups is 1. The first-order chi connectivity index (χ1) is 15.0. The van der Waals surface area contributed by atoms with E-state index in [0.29, 0.717) is 23.9 Å². The summed E-state index contributed by atoms with van der Waals surface area (Å²) >= 11 is 0. The molecule has 0 bridgehead atoms. The minimum Gasteiger partial charge on any atom is -0.478 e. The van der Waals surface area contributed by atoms with Gasteiger partial charge in [-0.1, -0.05) is 0 Å². The SMILES string of the molecule is CN1CCN(C2CCCN(c3cnc(C#N)c(Nc4ccc(C(=O)O)cc4)n3)C2)C1=O. The molecule has 1 atom stereocenters. The highest BCUT2D eigenvalue weighted by Crippen LogP contribution is 2.26. The Kier molecular flexibility index (Phi) is 5.58. The molecule has 4 rings (SSSR count). The highest BCUT2D eigenvalue weighted by atomic mass is 16.4. The quantitative estimate of drug-likeness (QED) is 0.752. The van der Waals surface area contributed by atoms with Crippen molar-refractivity contribution in [2.24, 2.45) is 0 Å². The van der Waals surface area contributed by atoms with E-state index < -0.39 is 5.97 Å². The third-order valence-corrected chi connectivity index (χ3v) is 5.67. The molecule has 2 fully saturated rings. The number of piperidine rings is 1. The fraction of sp³-hybridized carbons (Fsp3) is 0.381. The number of aromatic carboxylic acids is 1. The van der Waals surface area contributed by atoms with Crippen LogP contribution in [0, 0.1) is 11.3 Å². The van der Waals surface area contributed by atoms with E-state index in [2.05, 4.69) is 20.2 Å². The molecule has 1 unspecified atom stereocenters. The average Bonchev–Trinajstić information content (AvgIpc) is 3.12. The summed E-state index contributed by atoms with van der Waals surface area (Å²) in [5, 5.41) is 21.5. The third kappa shape index (κ3) is 4.21. The molecule has 2 aromatic rings. The number of benzene rings is 1. The number of carboxylic acid groups (broad SMARTS) is 1. The smallest absolute Gasteiger partial charge is 0.335 e. The van der Waals surface area contributed by atoms with E-state index in [9.17, 15) is 14.9 Å². The summed E-state index contributed by atoms with van der Waals surface area (Å²) in [5.41, 5.74) is 0.929. The lowest BCUT2D eigenvalue weighted by molar-refractivity contribution is 0.0697.